The summed E-state index contributed by atoms with van der Waals surface area (Å²) in [5.41, 5.74) is 0.545. The molecule has 3 rings (SSSR count). The molecule has 1 saturated heterocycles. The molecule has 0 aromatic heterocycles. The van der Waals surface area contributed by atoms with Gasteiger partial charge in [-0.15, -0.1) is 0 Å². The summed E-state index contributed by atoms with van der Waals surface area (Å²) in [4.78, 5) is 11.8. The zero-order valence-corrected chi connectivity index (χ0v) is 9.93. The van der Waals surface area contributed by atoms with Gasteiger partial charge in [-0.1, -0.05) is 0 Å². The lowest BCUT2D eigenvalue weighted by atomic mass is 10.00. The lowest BCUT2D eigenvalue weighted by Gasteiger charge is -2.16. The first kappa shape index (κ1) is 10.6. The van der Waals surface area contributed by atoms with Crippen molar-refractivity contribution in [1.82, 2.24) is 10.6 Å². The van der Waals surface area contributed by atoms with Gasteiger partial charge in [0.1, 0.15) is 0 Å². The van der Waals surface area contributed by atoms with Crippen molar-refractivity contribution in [1.29, 1.82) is 0 Å². The van der Waals surface area contributed by atoms with Gasteiger partial charge in [0.05, 0.1) is 0 Å². The van der Waals surface area contributed by atoms with Crippen LogP contribution < -0.4 is 10.6 Å². The summed E-state index contributed by atoms with van der Waals surface area (Å²) in [6.45, 7) is 3.07. The highest BCUT2D eigenvalue weighted by atomic mass is 16.1. The van der Waals surface area contributed by atoms with Crippen molar-refractivity contribution in [3.63, 3.8) is 0 Å². The van der Waals surface area contributed by atoms with Crippen molar-refractivity contribution < 1.29 is 4.79 Å². The van der Waals surface area contributed by atoms with Crippen molar-refractivity contribution in [3.05, 3.63) is 0 Å². The Bertz CT molecular complexity index is 276. The van der Waals surface area contributed by atoms with E-state index in [2.05, 4.69) is 10.6 Å². The van der Waals surface area contributed by atoms with Crippen LogP contribution in [0, 0.1) is 17.3 Å². The minimum Gasteiger partial charge on any atom is -0.356 e. The van der Waals surface area contributed by atoms with E-state index in [4.69, 9.17) is 0 Å². The van der Waals surface area contributed by atoms with Crippen molar-refractivity contribution in [2.45, 2.75) is 38.5 Å². The fraction of sp³-hybridized carbons (Fsp3) is 0.923. The summed E-state index contributed by atoms with van der Waals surface area (Å²) in [5, 5.41) is 6.48. The third-order valence-corrected chi connectivity index (χ3v) is 4.61. The largest absolute Gasteiger partial charge is 0.356 e. The molecule has 0 radical (unpaired) electrons. The summed E-state index contributed by atoms with van der Waals surface area (Å²) < 4.78 is 0. The molecule has 0 bridgehead atoms. The van der Waals surface area contributed by atoms with Gasteiger partial charge in [-0.2, -0.15) is 0 Å². The van der Waals surface area contributed by atoms with Crippen LogP contribution >= 0.6 is 0 Å². The standard InChI is InChI=1S/C13H22N2O/c16-12(7-10-3-6-14-8-10)15-9-13(4-5-13)11-1-2-11/h10-11,14H,1-9H2,(H,15,16). The Hall–Kier alpha value is -0.570. The third kappa shape index (κ3) is 2.24. The molecule has 0 spiro atoms. The lowest BCUT2D eigenvalue weighted by Crippen LogP contribution is -2.32. The minimum absolute atomic E-state index is 0.278. The second-order valence-corrected chi connectivity index (χ2v) is 5.98. The molecule has 0 aromatic rings. The minimum atomic E-state index is 0.278. The van der Waals surface area contributed by atoms with Crippen LogP contribution in [-0.4, -0.2) is 25.5 Å². The predicted octanol–water partition coefficient (Wildman–Crippen LogP) is 1.29. The van der Waals surface area contributed by atoms with Crippen LogP contribution in [0.2, 0.25) is 0 Å². The Morgan fingerprint density at radius 2 is 2.12 bits per heavy atom. The summed E-state index contributed by atoms with van der Waals surface area (Å²) in [6, 6.07) is 0. The summed E-state index contributed by atoms with van der Waals surface area (Å²) in [6.07, 6.45) is 7.41. The van der Waals surface area contributed by atoms with Gasteiger partial charge in [0.25, 0.3) is 0 Å². The second-order valence-electron chi connectivity index (χ2n) is 5.98. The maximum atomic E-state index is 11.8. The highest BCUT2D eigenvalue weighted by Crippen LogP contribution is 2.60. The van der Waals surface area contributed by atoms with E-state index in [9.17, 15) is 4.79 Å². The normalized spacial score (nSPS) is 31.4. The first-order valence-corrected chi connectivity index (χ1v) is 6.76. The van der Waals surface area contributed by atoms with E-state index in [0.717, 1.165) is 32.0 Å². The van der Waals surface area contributed by atoms with Gasteiger partial charge in [0, 0.05) is 13.0 Å². The quantitative estimate of drug-likeness (QED) is 0.736. The van der Waals surface area contributed by atoms with Gasteiger partial charge in [-0.25, -0.2) is 0 Å². The molecule has 0 aromatic carbocycles. The van der Waals surface area contributed by atoms with E-state index >= 15 is 0 Å². The molecule has 3 fully saturated rings. The van der Waals surface area contributed by atoms with E-state index in [-0.39, 0.29) is 5.91 Å². The van der Waals surface area contributed by atoms with Crippen LogP contribution in [0.25, 0.3) is 0 Å². The fourth-order valence-corrected chi connectivity index (χ4v) is 3.08. The Labute approximate surface area is 97.4 Å². The molecule has 1 amide bonds. The molecule has 90 valence electrons. The van der Waals surface area contributed by atoms with Gasteiger partial charge in [0.2, 0.25) is 5.91 Å². The SMILES string of the molecule is O=C(CC1CCNC1)NCC1(C2CC2)CC1. The molecule has 3 nitrogen and oxygen atoms in total. The smallest absolute Gasteiger partial charge is 0.220 e. The number of amides is 1. The molecule has 1 unspecified atom stereocenters. The molecule has 3 heteroatoms. The van der Waals surface area contributed by atoms with Crippen LogP contribution in [0.1, 0.15) is 38.5 Å². The monoisotopic (exact) mass is 222 g/mol. The highest BCUT2D eigenvalue weighted by molar-refractivity contribution is 5.76. The first-order valence-electron chi connectivity index (χ1n) is 6.76. The van der Waals surface area contributed by atoms with E-state index in [0.29, 0.717) is 11.3 Å². The van der Waals surface area contributed by atoms with Gasteiger partial charge < -0.3 is 10.6 Å². The molecule has 1 atom stereocenters. The molecular formula is C13H22N2O. The van der Waals surface area contributed by atoms with Crippen LogP contribution in [0.5, 0.6) is 0 Å². The third-order valence-electron chi connectivity index (χ3n) is 4.61. The Kier molecular flexibility index (Phi) is 2.66. The van der Waals surface area contributed by atoms with E-state index in [1.807, 2.05) is 0 Å². The van der Waals surface area contributed by atoms with E-state index in [1.54, 1.807) is 0 Å². The maximum absolute atomic E-state index is 11.8. The van der Waals surface area contributed by atoms with Crippen molar-refractivity contribution in [2.24, 2.45) is 17.3 Å². The number of carbonyl (C=O) groups excluding carboxylic acids is 1. The molecular weight excluding hydrogens is 200 g/mol. The predicted molar refractivity (Wildman–Crippen MR) is 63.0 cm³/mol. The van der Waals surface area contributed by atoms with Crippen molar-refractivity contribution in [2.75, 3.05) is 19.6 Å². The highest BCUT2D eigenvalue weighted by Gasteiger charge is 2.53. The number of rotatable bonds is 5. The Morgan fingerprint density at radius 1 is 1.31 bits per heavy atom. The topological polar surface area (TPSA) is 41.1 Å². The van der Waals surface area contributed by atoms with Gasteiger partial charge in [0.15, 0.2) is 0 Å². The average molecular weight is 222 g/mol. The van der Waals surface area contributed by atoms with Gasteiger partial charge in [-0.3, -0.25) is 4.79 Å². The van der Waals surface area contributed by atoms with Gasteiger partial charge >= 0.3 is 0 Å². The Balaban J connectivity index is 1.39. The van der Waals surface area contributed by atoms with E-state index < -0.39 is 0 Å². The average Bonchev–Trinajstić information content (AvgIpc) is 3.16. The Morgan fingerprint density at radius 3 is 2.69 bits per heavy atom. The molecule has 2 saturated carbocycles. The number of nitrogens with one attached hydrogen (secondary N) is 2. The molecule has 1 aliphatic heterocycles. The van der Waals surface area contributed by atoms with Crippen molar-refractivity contribution in [3.8, 4) is 0 Å². The van der Waals surface area contributed by atoms with Gasteiger partial charge in [-0.05, 0) is 62.4 Å². The van der Waals surface area contributed by atoms with Crippen LogP contribution in [-0.2, 0) is 4.79 Å². The molecule has 3 aliphatic rings. The van der Waals surface area contributed by atoms with E-state index in [1.165, 1.54) is 32.1 Å². The summed E-state index contributed by atoms with van der Waals surface area (Å²) in [7, 11) is 0. The van der Waals surface area contributed by atoms with Crippen LogP contribution in [0.15, 0.2) is 0 Å². The second kappa shape index (κ2) is 4.02. The summed E-state index contributed by atoms with van der Waals surface area (Å²) >= 11 is 0. The van der Waals surface area contributed by atoms with Crippen molar-refractivity contribution >= 4 is 5.91 Å². The molecule has 1 heterocycles. The van der Waals surface area contributed by atoms with Crippen LogP contribution in [0.3, 0.4) is 0 Å². The molecule has 16 heavy (non-hydrogen) atoms. The number of hydrogen-bond donors (Lipinski definition) is 2. The fourth-order valence-electron chi connectivity index (χ4n) is 3.08. The lowest BCUT2D eigenvalue weighted by molar-refractivity contribution is -0.122. The molecule has 2 N–H and O–H groups in total. The molecule has 2 aliphatic carbocycles. The zero-order chi connectivity index (χ0) is 11.0. The number of carbonyl (C=O) groups is 1. The summed E-state index contributed by atoms with van der Waals surface area (Å²) in [5.74, 6) is 1.80. The van der Waals surface area contributed by atoms with Crippen LogP contribution in [0.4, 0.5) is 0 Å². The zero-order valence-electron chi connectivity index (χ0n) is 9.93. The maximum Gasteiger partial charge on any atom is 0.220 e. The first-order chi connectivity index (χ1) is 7.78. The number of hydrogen-bond acceptors (Lipinski definition) is 2.